The molecule has 0 N–H and O–H groups in total. The van der Waals surface area contributed by atoms with Crippen molar-refractivity contribution in [2.24, 2.45) is 4.99 Å². The molecule has 0 radical (unpaired) electrons. The minimum Gasteiger partial charge on any atom is -0.493 e. The molecule has 0 aromatic heterocycles. The van der Waals surface area contributed by atoms with E-state index in [0.29, 0.717) is 34.3 Å². The fraction of sp³-hybridized carbons (Fsp3) is 0.304. The average Bonchev–Trinajstić information content (AvgIpc) is 3.13. The van der Waals surface area contributed by atoms with E-state index in [9.17, 15) is 4.79 Å². The van der Waals surface area contributed by atoms with E-state index in [1.165, 1.54) is 21.3 Å². The van der Waals surface area contributed by atoms with Gasteiger partial charge in [-0.15, -0.1) is 0 Å². The molecule has 8 nitrogen and oxygen atoms in total. The molecule has 164 valence electrons. The molecule has 31 heavy (non-hydrogen) atoms. The van der Waals surface area contributed by atoms with Crippen molar-refractivity contribution in [1.29, 1.82) is 0 Å². The topological polar surface area (TPSA) is 84.8 Å². The van der Waals surface area contributed by atoms with Crippen LogP contribution in [0.25, 0.3) is 6.08 Å². The van der Waals surface area contributed by atoms with Gasteiger partial charge in [-0.2, -0.15) is 0 Å². The summed E-state index contributed by atoms with van der Waals surface area (Å²) in [6, 6.07) is 8.70. The van der Waals surface area contributed by atoms with Crippen molar-refractivity contribution in [3.05, 3.63) is 47.2 Å². The second kappa shape index (κ2) is 9.42. The number of methoxy groups -OCH3 is 4. The molecule has 0 aliphatic carbocycles. The first-order valence-corrected chi connectivity index (χ1v) is 9.57. The van der Waals surface area contributed by atoms with Crippen LogP contribution in [0.4, 0.5) is 0 Å². The lowest BCUT2D eigenvalue weighted by atomic mass is 10.1. The highest BCUT2D eigenvalue weighted by molar-refractivity contribution is 6.13. The number of rotatable bonds is 8. The van der Waals surface area contributed by atoms with Crippen molar-refractivity contribution in [3.8, 4) is 28.7 Å². The van der Waals surface area contributed by atoms with Crippen LogP contribution in [-0.4, -0.2) is 46.4 Å². The molecule has 0 amide bonds. The molecule has 2 aromatic carbocycles. The van der Waals surface area contributed by atoms with Gasteiger partial charge in [-0.25, -0.2) is 9.79 Å². The maximum absolute atomic E-state index is 12.4. The summed E-state index contributed by atoms with van der Waals surface area (Å²) in [5, 5.41) is 0. The van der Waals surface area contributed by atoms with Crippen LogP contribution in [-0.2, 0) is 9.53 Å². The number of cyclic esters (lactones) is 1. The molecule has 3 rings (SSSR count). The number of esters is 1. The number of ether oxygens (including phenoxy) is 6. The van der Waals surface area contributed by atoms with Gasteiger partial charge in [-0.05, 0) is 49.8 Å². The Kier molecular flexibility index (Phi) is 6.69. The SMILES string of the molecule is COc1cc(C=C2N=C(c3cc(OC)c(OC)c(OC)c3)OC2=O)ccc1OC(C)C. The van der Waals surface area contributed by atoms with Gasteiger partial charge in [-0.1, -0.05) is 6.07 Å². The van der Waals surface area contributed by atoms with E-state index in [4.69, 9.17) is 28.4 Å². The molecule has 1 aliphatic heterocycles. The predicted molar refractivity (Wildman–Crippen MR) is 115 cm³/mol. The molecule has 8 heteroatoms. The number of nitrogens with zero attached hydrogens (tertiary/aromatic N) is 1. The molecule has 1 heterocycles. The van der Waals surface area contributed by atoms with Crippen molar-refractivity contribution in [2.45, 2.75) is 20.0 Å². The molecular formula is C23H25NO7. The number of aliphatic imine (C=N–C) groups is 1. The summed E-state index contributed by atoms with van der Waals surface area (Å²) in [5.74, 6) is 2.05. The molecule has 0 unspecified atom stereocenters. The van der Waals surface area contributed by atoms with Crippen molar-refractivity contribution >= 4 is 17.9 Å². The normalized spacial score (nSPS) is 14.4. The monoisotopic (exact) mass is 427 g/mol. The zero-order valence-corrected chi connectivity index (χ0v) is 18.3. The minimum atomic E-state index is -0.565. The van der Waals surface area contributed by atoms with Gasteiger partial charge < -0.3 is 28.4 Å². The number of hydrogen-bond donors (Lipinski definition) is 0. The van der Waals surface area contributed by atoms with Gasteiger partial charge in [0.1, 0.15) is 0 Å². The lowest BCUT2D eigenvalue weighted by Gasteiger charge is -2.13. The largest absolute Gasteiger partial charge is 0.493 e. The molecular weight excluding hydrogens is 402 g/mol. The predicted octanol–water partition coefficient (Wildman–Crippen LogP) is 3.85. The Hall–Kier alpha value is -3.68. The summed E-state index contributed by atoms with van der Waals surface area (Å²) in [6.45, 7) is 3.87. The van der Waals surface area contributed by atoms with Crippen LogP contribution in [0.3, 0.4) is 0 Å². The van der Waals surface area contributed by atoms with Crippen molar-refractivity contribution in [3.63, 3.8) is 0 Å². The van der Waals surface area contributed by atoms with Crippen LogP contribution in [0.15, 0.2) is 41.0 Å². The Morgan fingerprint density at radius 3 is 2.06 bits per heavy atom. The summed E-state index contributed by atoms with van der Waals surface area (Å²) < 4.78 is 32.5. The van der Waals surface area contributed by atoms with Gasteiger partial charge in [0.15, 0.2) is 28.7 Å². The quantitative estimate of drug-likeness (QED) is 0.467. The lowest BCUT2D eigenvalue weighted by Crippen LogP contribution is -2.07. The molecule has 0 saturated heterocycles. The smallest absolute Gasteiger partial charge is 0.363 e. The Morgan fingerprint density at radius 2 is 1.52 bits per heavy atom. The zero-order valence-electron chi connectivity index (χ0n) is 18.3. The van der Waals surface area contributed by atoms with E-state index in [-0.39, 0.29) is 17.7 Å². The number of carbonyl (C=O) groups excluding carboxylic acids is 1. The van der Waals surface area contributed by atoms with Gasteiger partial charge in [0.05, 0.1) is 34.5 Å². The van der Waals surface area contributed by atoms with Gasteiger partial charge in [0, 0.05) is 5.56 Å². The Bertz CT molecular complexity index is 1020. The van der Waals surface area contributed by atoms with E-state index in [1.54, 1.807) is 37.5 Å². The van der Waals surface area contributed by atoms with E-state index in [2.05, 4.69) is 4.99 Å². The van der Waals surface area contributed by atoms with Crippen LogP contribution in [0.2, 0.25) is 0 Å². The van der Waals surface area contributed by atoms with Gasteiger partial charge in [0.2, 0.25) is 11.6 Å². The van der Waals surface area contributed by atoms with Crippen molar-refractivity contribution in [2.75, 3.05) is 28.4 Å². The van der Waals surface area contributed by atoms with Crippen LogP contribution in [0, 0.1) is 0 Å². The first kappa shape index (κ1) is 22.0. The highest BCUT2D eigenvalue weighted by Crippen LogP contribution is 2.39. The second-order valence-electron chi connectivity index (χ2n) is 6.83. The molecule has 2 aromatic rings. The second-order valence-corrected chi connectivity index (χ2v) is 6.83. The number of benzene rings is 2. The minimum absolute atomic E-state index is 0.00792. The highest BCUT2D eigenvalue weighted by atomic mass is 16.6. The summed E-state index contributed by atoms with van der Waals surface area (Å²) in [7, 11) is 6.09. The fourth-order valence-electron chi connectivity index (χ4n) is 3.02. The molecule has 0 spiro atoms. The van der Waals surface area contributed by atoms with E-state index in [1.807, 2.05) is 19.9 Å². The first-order chi connectivity index (χ1) is 14.9. The maximum Gasteiger partial charge on any atom is 0.363 e. The summed E-state index contributed by atoms with van der Waals surface area (Å²) in [4.78, 5) is 16.8. The fourth-order valence-corrected chi connectivity index (χ4v) is 3.02. The maximum atomic E-state index is 12.4. The van der Waals surface area contributed by atoms with Crippen molar-refractivity contribution < 1.29 is 33.2 Å². The Balaban J connectivity index is 1.96. The Morgan fingerprint density at radius 1 is 0.871 bits per heavy atom. The first-order valence-electron chi connectivity index (χ1n) is 9.57. The third-order valence-corrected chi connectivity index (χ3v) is 4.39. The van der Waals surface area contributed by atoms with Crippen LogP contribution < -0.4 is 23.7 Å². The van der Waals surface area contributed by atoms with E-state index < -0.39 is 5.97 Å². The third-order valence-electron chi connectivity index (χ3n) is 4.39. The van der Waals surface area contributed by atoms with E-state index in [0.717, 1.165) is 5.56 Å². The van der Waals surface area contributed by atoms with Gasteiger partial charge in [-0.3, -0.25) is 0 Å². The summed E-state index contributed by atoms with van der Waals surface area (Å²) in [5.41, 5.74) is 1.39. The summed E-state index contributed by atoms with van der Waals surface area (Å²) >= 11 is 0. The van der Waals surface area contributed by atoms with Crippen molar-refractivity contribution in [1.82, 2.24) is 0 Å². The van der Waals surface area contributed by atoms with Crippen LogP contribution in [0.5, 0.6) is 28.7 Å². The van der Waals surface area contributed by atoms with Gasteiger partial charge >= 0.3 is 5.97 Å². The molecule has 0 fully saturated rings. The third kappa shape index (κ3) is 4.74. The molecule has 0 atom stereocenters. The van der Waals surface area contributed by atoms with Gasteiger partial charge in [0.25, 0.3) is 0 Å². The molecule has 1 aliphatic rings. The van der Waals surface area contributed by atoms with Crippen LogP contribution >= 0.6 is 0 Å². The standard InChI is InChI=1S/C23H25NO7/c1-13(2)30-17-8-7-14(10-18(17)26-3)9-16-23(25)31-22(24-16)15-11-19(27-4)21(29-6)20(12-15)28-5/h7-13H,1-6H3. The number of hydrogen-bond acceptors (Lipinski definition) is 8. The zero-order chi connectivity index (χ0) is 22.5. The molecule has 0 bridgehead atoms. The van der Waals surface area contributed by atoms with E-state index >= 15 is 0 Å². The summed E-state index contributed by atoms with van der Waals surface area (Å²) in [6.07, 6.45) is 1.63. The van der Waals surface area contributed by atoms with Crippen LogP contribution in [0.1, 0.15) is 25.0 Å². The Labute approximate surface area is 181 Å². The number of carbonyl (C=O) groups is 1. The molecule has 0 saturated carbocycles. The highest BCUT2D eigenvalue weighted by Gasteiger charge is 2.26. The lowest BCUT2D eigenvalue weighted by molar-refractivity contribution is -0.129. The average molecular weight is 427 g/mol.